The van der Waals surface area contributed by atoms with Crippen LogP contribution in [0.2, 0.25) is 0 Å². The summed E-state index contributed by atoms with van der Waals surface area (Å²) in [5, 5.41) is 10.7. The quantitative estimate of drug-likeness (QED) is 0.877. The molecule has 1 amide bonds. The Kier molecular flexibility index (Phi) is 5.34. The largest absolute Gasteiger partial charge is 0.480 e. The number of halogens is 3. The maximum Gasteiger partial charge on any atom is 0.391 e. The molecule has 0 bridgehead atoms. The van der Waals surface area contributed by atoms with E-state index in [0.29, 0.717) is 5.56 Å². The van der Waals surface area contributed by atoms with Gasteiger partial charge in [0, 0.05) is 0 Å². The second-order valence-corrected chi connectivity index (χ2v) is 4.82. The van der Waals surface area contributed by atoms with Crippen LogP contribution in [0.15, 0.2) is 18.2 Å². The number of alkyl halides is 3. The highest BCUT2D eigenvalue weighted by molar-refractivity contribution is 5.85. The summed E-state index contributed by atoms with van der Waals surface area (Å²) >= 11 is 0. The molecular formula is C14H16F3NO3. The highest BCUT2D eigenvalue weighted by Crippen LogP contribution is 2.22. The van der Waals surface area contributed by atoms with E-state index in [1.54, 1.807) is 32.0 Å². The first-order valence-corrected chi connectivity index (χ1v) is 6.24. The summed E-state index contributed by atoms with van der Waals surface area (Å²) in [4.78, 5) is 22.6. The van der Waals surface area contributed by atoms with Crippen LogP contribution in [0.5, 0.6) is 0 Å². The topological polar surface area (TPSA) is 66.4 Å². The zero-order valence-corrected chi connectivity index (χ0v) is 11.6. The zero-order valence-electron chi connectivity index (χ0n) is 11.6. The molecule has 0 aliphatic carbocycles. The number of nitrogens with one attached hydrogen (secondary N) is 1. The second-order valence-electron chi connectivity index (χ2n) is 4.82. The number of aliphatic carboxylic acids is 1. The molecule has 0 saturated carbocycles. The maximum atomic E-state index is 12.3. The van der Waals surface area contributed by atoms with Crippen molar-refractivity contribution in [3.05, 3.63) is 34.9 Å². The van der Waals surface area contributed by atoms with Crippen LogP contribution in [0.3, 0.4) is 0 Å². The van der Waals surface area contributed by atoms with E-state index in [2.05, 4.69) is 0 Å². The number of carbonyl (C=O) groups excluding carboxylic acids is 1. The normalized spacial score (nSPS) is 12.8. The third-order valence-electron chi connectivity index (χ3n) is 3.05. The van der Waals surface area contributed by atoms with Gasteiger partial charge in [-0.1, -0.05) is 18.2 Å². The van der Waals surface area contributed by atoms with Gasteiger partial charge in [0.1, 0.15) is 6.04 Å². The van der Waals surface area contributed by atoms with Crippen molar-refractivity contribution in [2.24, 2.45) is 0 Å². The Balaban J connectivity index is 2.77. The summed E-state index contributed by atoms with van der Waals surface area (Å²) < 4.78 is 36.8. The summed E-state index contributed by atoms with van der Waals surface area (Å²) in [5.41, 5.74) is 2.34. The van der Waals surface area contributed by atoms with Crippen LogP contribution in [0.1, 0.15) is 23.1 Å². The molecule has 0 spiro atoms. The lowest BCUT2D eigenvalue weighted by Gasteiger charge is -2.17. The molecule has 0 radical (unpaired) electrons. The lowest BCUT2D eigenvalue weighted by molar-refractivity contribution is -0.159. The molecule has 1 aromatic rings. The number of amides is 1. The minimum absolute atomic E-state index is 0.153. The zero-order chi connectivity index (χ0) is 16.2. The smallest absolute Gasteiger partial charge is 0.391 e. The molecule has 0 saturated heterocycles. The summed E-state index contributed by atoms with van der Waals surface area (Å²) in [6, 6.07) is 3.39. The summed E-state index contributed by atoms with van der Waals surface area (Å²) in [5.74, 6) is -2.45. The van der Waals surface area contributed by atoms with Gasteiger partial charge in [0.25, 0.3) is 0 Å². The molecule has 2 N–H and O–H groups in total. The SMILES string of the molecule is Cc1cccc(C)c1CC(=O)NC(CC(F)(F)F)C(=O)O. The van der Waals surface area contributed by atoms with Crippen molar-refractivity contribution < 1.29 is 27.9 Å². The molecule has 1 aromatic carbocycles. The van der Waals surface area contributed by atoms with Gasteiger partial charge in [0.2, 0.25) is 5.91 Å². The Morgan fingerprint density at radius 1 is 1.24 bits per heavy atom. The van der Waals surface area contributed by atoms with E-state index in [0.717, 1.165) is 11.1 Å². The Morgan fingerprint density at radius 2 is 1.76 bits per heavy atom. The third-order valence-corrected chi connectivity index (χ3v) is 3.05. The number of hydrogen-bond acceptors (Lipinski definition) is 2. The van der Waals surface area contributed by atoms with Crippen LogP contribution in [0.25, 0.3) is 0 Å². The fourth-order valence-electron chi connectivity index (χ4n) is 1.97. The van der Waals surface area contributed by atoms with Crippen molar-refractivity contribution >= 4 is 11.9 Å². The van der Waals surface area contributed by atoms with Crippen LogP contribution in [0, 0.1) is 13.8 Å². The van der Waals surface area contributed by atoms with Gasteiger partial charge in [-0.05, 0) is 30.5 Å². The average molecular weight is 303 g/mol. The second kappa shape index (κ2) is 6.60. The molecule has 0 heterocycles. The molecule has 1 atom stereocenters. The molecule has 21 heavy (non-hydrogen) atoms. The van der Waals surface area contributed by atoms with Gasteiger partial charge in [-0.2, -0.15) is 13.2 Å². The van der Waals surface area contributed by atoms with Crippen molar-refractivity contribution in [1.29, 1.82) is 0 Å². The molecule has 1 unspecified atom stereocenters. The van der Waals surface area contributed by atoms with Crippen LogP contribution in [-0.4, -0.2) is 29.2 Å². The number of aryl methyl sites for hydroxylation is 2. The van der Waals surface area contributed by atoms with E-state index in [1.165, 1.54) is 0 Å². The molecule has 4 nitrogen and oxygen atoms in total. The van der Waals surface area contributed by atoms with Gasteiger partial charge >= 0.3 is 12.1 Å². The summed E-state index contributed by atoms with van der Waals surface area (Å²) in [7, 11) is 0. The highest BCUT2D eigenvalue weighted by Gasteiger charge is 2.36. The number of carboxylic acid groups (broad SMARTS) is 1. The first kappa shape index (κ1) is 17.0. The van der Waals surface area contributed by atoms with Crippen LogP contribution < -0.4 is 5.32 Å². The number of hydrogen-bond donors (Lipinski definition) is 2. The van der Waals surface area contributed by atoms with Gasteiger partial charge in [0.15, 0.2) is 0 Å². The number of benzene rings is 1. The molecule has 116 valence electrons. The van der Waals surface area contributed by atoms with E-state index in [1.807, 2.05) is 5.32 Å². The molecule has 0 aromatic heterocycles. The maximum absolute atomic E-state index is 12.3. The molecule has 0 aliphatic rings. The predicted octanol–water partition coefficient (Wildman–Crippen LogP) is 2.37. The molecule has 0 fully saturated rings. The molecule has 1 rings (SSSR count). The van der Waals surface area contributed by atoms with Crippen molar-refractivity contribution in [2.45, 2.75) is 38.9 Å². The minimum Gasteiger partial charge on any atom is -0.480 e. The highest BCUT2D eigenvalue weighted by atomic mass is 19.4. The van der Waals surface area contributed by atoms with E-state index < -0.39 is 30.5 Å². The molecule has 7 heteroatoms. The Bertz CT molecular complexity index is 521. The van der Waals surface area contributed by atoms with E-state index in [4.69, 9.17) is 5.11 Å². The monoisotopic (exact) mass is 303 g/mol. The van der Waals surface area contributed by atoms with Crippen molar-refractivity contribution in [1.82, 2.24) is 5.32 Å². The van der Waals surface area contributed by atoms with Crippen LogP contribution in [-0.2, 0) is 16.0 Å². The lowest BCUT2D eigenvalue weighted by atomic mass is 9.99. The Hall–Kier alpha value is -2.05. The summed E-state index contributed by atoms with van der Waals surface area (Å²) in [6.45, 7) is 3.56. The Morgan fingerprint density at radius 3 is 2.19 bits per heavy atom. The van der Waals surface area contributed by atoms with E-state index >= 15 is 0 Å². The standard InChI is InChI=1S/C14H16F3NO3/c1-8-4-3-5-9(2)10(8)6-12(19)18-11(13(20)21)7-14(15,16)17/h3-5,11H,6-7H2,1-2H3,(H,18,19)(H,20,21). The average Bonchev–Trinajstić information content (AvgIpc) is 2.31. The molecule has 0 aliphatic heterocycles. The first-order chi connectivity index (χ1) is 9.60. The van der Waals surface area contributed by atoms with Gasteiger partial charge in [0.05, 0.1) is 12.8 Å². The number of rotatable bonds is 5. The van der Waals surface area contributed by atoms with E-state index in [9.17, 15) is 22.8 Å². The first-order valence-electron chi connectivity index (χ1n) is 6.24. The van der Waals surface area contributed by atoms with E-state index in [-0.39, 0.29) is 6.42 Å². The van der Waals surface area contributed by atoms with Gasteiger partial charge < -0.3 is 10.4 Å². The van der Waals surface area contributed by atoms with Crippen molar-refractivity contribution in [3.8, 4) is 0 Å². The summed E-state index contributed by atoms with van der Waals surface area (Å²) in [6.07, 6.45) is -6.41. The van der Waals surface area contributed by atoms with Gasteiger partial charge in [-0.15, -0.1) is 0 Å². The third kappa shape index (κ3) is 5.45. The fraction of sp³-hybridized carbons (Fsp3) is 0.429. The van der Waals surface area contributed by atoms with Crippen molar-refractivity contribution in [2.75, 3.05) is 0 Å². The fourth-order valence-corrected chi connectivity index (χ4v) is 1.97. The minimum atomic E-state index is -4.66. The number of carbonyl (C=O) groups is 2. The van der Waals surface area contributed by atoms with Crippen molar-refractivity contribution in [3.63, 3.8) is 0 Å². The molecular weight excluding hydrogens is 287 g/mol. The Labute approximate surface area is 120 Å². The van der Waals surface area contributed by atoms with Gasteiger partial charge in [-0.25, -0.2) is 4.79 Å². The van der Waals surface area contributed by atoms with Gasteiger partial charge in [-0.3, -0.25) is 4.79 Å². The van der Waals surface area contributed by atoms with Crippen LogP contribution in [0.4, 0.5) is 13.2 Å². The lowest BCUT2D eigenvalue weighted by Crippen LogP contribution is -2.44. The van der Waals surface area contributed by atoms with Crippen LogP contribution >= 0.6 is 0 Å². The number of carboxylic acids is 1. The predicted molar refractivity (Wildman–Crippen MR) is 69.9 cm³/mol.